The molecule has 0 aliphatic carbocycles. The Labute approximate surface area is 336 Å². The molecule has 12 rings (SSSR count). The topological polar surface area (TPSA) is 64.7 Å². The highest BCUT2D eigenvalue weighted by Crippen LogP contribution is 2.44. The van der Waals surface area contributed by atoms with Gasteiger partial charge in [0.05, 0.1) is 11.2 Å². The summed E-state index contributed by atoms with van der Waals surface area (Å²) in [6, 6.07) is 63.3. The van der Waals surface area contributed by atoms with Crippen molar-refractivity contribution in [1.29, 1.82) is 0 Å². The van der Waals surface area contributed by atoms with Crippen LogP contribution in [0.1, 0.15) is 0 Å². The Kier molecular flexibility index (Phi) is 7.33. The van der Waals surface area contributed by atoms with Crippen LogP contribution in [-0.4, -0.2) is 19.9 Å². The fourth-order valence-electron chi connectivity index (χ4n) is 8.36. The van der Waals surface area contributed by atoms with Crippen LogP contribution in [-0.2, 0) is 0 Å². The highest BCUT2D eigenvalue weighted by molar-refractivity contribution is 7.26. The predicted molar refractivity (Wildman–Crippen MR) is 240 cm³/mol. The second-order valence-electron chi connectivity index (χ2n) is 14.6. The van der Waals surface area contributed by atoms with Gasteiger partial charge in [-0.1, -0.05) is 133 Å². The Morgan fingerprint density at radius 3 is 1.76 bits per heavy atom. The zero-order valence-corrected chi connectivity index (χ0v) is 31.7. The molecule has 58 heavy (non-hydrogen) atoms. The maximum atomic E-state index is 6.26. The quantitative estimate of drug-likeness (QED) is 0.164. The lowest BCUT2D eigenvalue weighted by Crippen LogP contribution is -2.00. The van der Waals surface area contributed by atoms with Gasteiger partial charge in [-0.25, -0.2) is 19.9 Å². The number of aromatic nitrogens is 4. The van der Waals surface area contributed by atoms with Gasteiger partial charge in [-0.2, -0.15) is 0 Å². The average molecular weight is 759 g/mol. The van der Waals surface area contributed by atoms with Crippen LogP contribution < -0.4 is 0 Å². The molecule has 0 spiro atoms. The smallest absolute Gasteiger partial charge is 0.164 e. The van der Waals surface area contributed by atoms with Gasteiger partial charge in [0.2, 0.25) is 0 Å². The Bertz CT molecular complexity index is 3570. The first-order valence-electron chi connectivity index (χ1n) is 19.3. The number of nitrogens with zero attached hydrogens (tertiary/aromatic N) is 4. The number of benzene rings is 8. The third kappa shape index (κ3) is 5.30. The third-order valence-electron chi connectivity index (χ3n) is 11.1. The van der Waals surface area contributed by atoms with Gasteiger partial charge in [0, 0.05) is 69.4 Å². The van der Waals surface area contributed by atoms with Crippen molar-refractivity contribution in [2.75, 3.05) is 0 Å². The summed E-state index contributed by atoms with van der Waals surface area (Å²) in [5.74, 6) is 1.79. The predicted octanol–water partition coefficient (Wildman–Crippen LogP) is 14.2. The molecule has 0 N–H and O–H groups in total. The molecule has 12 aromatic rings. The van der Waals surface area contributed by atoms with E-state index in [4.69, 9.17) is 24.4 Å². The van der Waals surface area contributed by atoms with E-state index in [0.717, 1.165) is 77.3 Å². The van der Waals surface area contributed by atoms with Crippen LogP contribution in [0, 0.1) is 0 Å². The van der Waals surface area contributed by atoms with Gasteiger partial charge >= 0.3 is 0 Å². The monoisotopic (exact) mass is 758 g/mol. The van der Waals surface area contributed by atoms with E-state index in [0.29, 0.717) is 17.5 Å². The highest BCUT2D eigenvalue weighted by Gasteiger charge is 2.19. The molecule has 0 saturated carbocycles. The molecule has 0 bridgehead atoms. The van der Waals surface area contributed by atoms with Crippen LogP contribution in [0.15, 0.2) is 186 Å². The van der Waals surface area contributed by atoms with Crippen LogP contribution in [0.2, 0.25) is 0 Å². The van der Waals surface area contributed by atoms with Gasteiger partial charge in [0.1, 0.15) is 11.2 Å². The molecule has 0 atom stereocenters. The number of thiophene rings is 1. The molecule has 0 radical (unpaired) electrons. The van der Waals surface area contributed by atoms with E-state index in [-0.39, 0.29) is 0 Å². The maximum Gasteiger partial charge on any atom is 0.164 e. The summed E-state index contributed by atoms with van der Waals surface area (Å²) >= 11 is 1.84. The van der Waals surface area contributed by atoms with E-state index < -0.39 is 0 Å². The summed E-state index contributed by atoms with van der Waals surface area (Å²) in [6.45, 7) is 0. The minimum Gasteiger partial charge on any atom is -0.456 e. The first-order valence-corrected chi connectivity index (χ1v) is 20.1. The van der Waals surface area contributed by atoms with Crippen LogP contribution in [0.4, 0.5) is 0 Å². The molecular formula is C52H30N4OS. The van der Waals surface area contributed by atoms with E-state index in [1.807, 2.05) is 65.9 Å². The molecule has 270 valence electrons. The maximum absolute atomic E-state index is 6.26. The van der Waals surface area contributed by atoms with Crippen molar-refractivity contribution < 1.29 is 4.42 Å². The summed E-state index contributed by atoms with van der Waals surface area (Å²) in [5, 5.41) is 8.20. The summed E-state index contributed by atoms with van der Waals surface area (Å²) in [6.07, 6.45) is 0. The van der Waals surface area contributed by atoms with E-state index >= 15 is 0 Å². The number of pyridine rings is 1. The number of hydrogen-bond acceptors (Lipinski definition) is 6. The van der Waals surface area contributed by atoms with Gasteiger partial charge in [-0.15, -0.1) is 11.3 Å². The molecule has 6 heteroatoms. The second-order valence-corrected chi connectivity index (χ2v) is 15.7. The minimum atomic E-state index is 0.584. The van der Waals surface area contributed by atoms with Crippen molar-refractivity contribution in [1.82, 2.24) is 19.9 Å². The fraction of sp³-hybridized carbons (Fsp3) is 0. The summed E-state index contributed by atoms with van der Waals surface area (Å²) in [4.78, 5) is 20.5. The van der Waals surface area contributed by atoms with E-state index in [9.17, 15) is 0 Å². The summed E-state index contributed by atoms with van der Waals surface area (Å²) < 4.78 is 8.81. The molecule has 0 fully saturated rings. The molecule has 0 saturated heterocycles. The fourth-order valence-corrected chi connectivity index (χ4v) is 9.47. The molecule has 8 aromatic carbocycles. The molecule has 4 heterocycles. The minimum absolute atomic E-state index is 0.584. The normalized spacial score (nSPS) is 11.8. The number of rotatable bonds is 5. The molecule has 5 nitrogen and oxygen atoms in total. The van der Waals surface area contributed by atoms with Crippen molar-refractivity contribution in [3.63, 3.8) is 0 Å². The van der Waals surface area contributed by atoms with Crippen molar-refractivity contribution >= 4 is 75.1 Å². The van der Waals surface area contributed by atoms with Crippen LogP contribution in [0.5, 0.6) is 0 Å². The number of para-hydroxylation sites is 1. The zero-order valence-electron chi connectivity index (χ0n) is 30.9. The molecule has 0 unspecified atom stereocenters. The summed E-state index contributed by atoms with van der Waals surface area (Å²) in [7, 11) is 0. The van der Waals surface area contributed by atoms with Crippen molar-refractivity contribution in [2.45, 2.75) is 0 Å². The Morgan fingerprint density at radius 1 is 0.328 bits per heavy atom. The van der Waals surface area contributed by atoms with Crippen molar-refractivity contribution in [3.8, 4) is 56.5 Å². The van der Waals surface area contributed by atoms with Gasteiger partial charge < -0.3 is 4.42 Å². The van der Waals surface area contributed by atoms with E-state index in [2.05, 4.69) is 127 Å². The van der Waals surface area contributed by atoms with Crippen LogP contribution in [0.25, 0.3) is 120 Å². The number of hydrogen-bond donors (Lipinski definition) is 0. The van der Waals surface area contributed by atoms with Crippen LogP contribution in [0.3, 0.4) is 0 Å². The van der Waals surface area contributed by atoms with Gasteiger partial charge in [0.25, 0.3) is 0 Å². The molecule has 0 aliphatic heterocycles. The van der Waals surface area contributed by atoms with Gasteiger partial charge in [0.15, 0.2) is 17.5 Å². The molecule has 0 amide bonds. The molecule has 0 aliphatic rings. The number of fused-ring (bicyclic) bond motifs is 10. The third-order valence-corrected chi connectivity index (χ3v) is 12.2. The molecular weight excluding hydrogens is 729 g/mol. The lowest BCUT2D eigenvalue weighted by molar-refractivity contribution is 0.669. The Morgan fingerprint density at radius 2 is 0.931 bits per heavy atom. The molecule has 4 aromatic heterocycles. The van der Waals surface area contributed by atoms with Crippen molar-refractivity contribution in [2.24, 2.45) is 0 Å². The number of furan rings is 1. The standard InChI is InChI=1S/C52H30N4OS/c1-3-12-31(13-4-1)49-40-25-27-46-48(39-19-8-10-21-45(39)58-46)47(40)41-29-34(23-26-42(41)53-49)33-16-11-17-35(28-33)51-54-50(32-14-5-2-6-15-32)55-52(56-51)36-22-24-38-37-18-7-9-20-43(37)57-44(38)30-36/h1-30H. The van der Waals surface area contributed by atoms with E-state index in [1.54, 1.807) is 0 Å². The SMILES string of the molecule is c1ccc(-c2nc(-c3cccc(-c4ccc5nc(-c6ccccc6)c6ccc7sc8ccccc8c7c6c5c4)c3)nc(-c3ccc4c(c3)oc3ccccc34)n2)cc1. The lowest BCUT2D eigenvalue weighted by Gasteiger charge is -2.13. The Hall–Kier alpha value is -7.54. The van der Waals surface area contributed by atoms with Gasteiger partial charge in [-0.05, 0) is 59.7 Å². The largest absolute Gasteiger partial charge is 0.456 e. The van der Waals surface area contributed by atoms with E-state index in [1.165, 1.54) is 25.6 Å². The highest BCUT2D eigenvalue weighted by atomic mass is 32.1. The lowest BCUT2D eigenvalue weighted by atomic mass is 9.94. The first-order chi connectivity index (χ1) is 28.7. The van der Waals surface area contributed by atoms with Crippen molar-refractivity contribution in [3.05, 3.63) is 182 Å². The zero-order chi connectivity index (χ0) is 38.2. The van der Waals surface area contributed by atoms with Gasteiger partial charge in [-0.3, -0.25) is 0 Å². The summed E-state index contributed by atoms with van der Waals surface area (Å²) in [5.41, 5.74) is 9.55. The second kappa shape index (κ2) is 13.0. The van der Waals surface area contributed by atoms with Crippen LogP contribution >= 0.6 is 11.3 Å². The first kappa shape index (κ1) is 32.7. The Balaban J connectivity index is 1.04. The average Bonchev–Trinajstić information content (AvgIpc) is 3.87.